The van der Waals surface area contributed by atoms with Crippen LogP contribution in [0.5, 0.6) is 0 Å². The molecule has 0 saturated heterocycles. The van der Waals surface area contributed by atoms with Gasteiger partial charge in [-0.2, -0.15) is 0 Å². The highest BCUT2D eigenvalue weighted by atomic mass is 35.5. The molecule has 2 N–H and O–H groups in total. The first-order valence-corrected chi connectivity index (χ1v) is 7.87. The van der Waals surface area contributed by atoms with Gasteiger partial charge in [0.1, 0.15) is 0 Å². The van der Waals surface area contributed by atoms with E-state index in [1.165, 1.54) is 6.07 Å². The van der Waals surface area contributed by atoms with Crippen LogP contribution in [-0.4, -0.2) is 27.8 Å². The van der Waals surface area contributed by atoms with Crippen LogP contribution in [0.4, 0.5) is 5.69 Å². The van der Waals surface area contributed by atoms with Crippen molar-refractivity contribution in [1.82, 2.24) is 5.32 Å². The zero-order valence-electron chi connectivity index (χ0n) is 10.3. The second-order valence-electron chi connectivity index (χ2n) is 3.96. The van der Waals surface area contributed by atoms with E-state index < -0.39 is 10.0 Å². The topological polar surface area (TPSA) is 58.2 Å². The number of aryl methyl sites for hydroxylation is 1. The van der Waals surface area contributed by atoms with Crippen molar-refractivity contribution in [3.8, 4) is 0 Å². The number of rotatable bonds is 6. The van der Waals surface area contributed by atoms with E-state index in [2.05, 4.69) is 10.0 Å². The molecule has 0 amide bonds. The van der Waals surface area contributed by atoms with Crippen molar-refractivity contribution < 1.29 is 8.42 Å². The van der Waals surface area contributed by atoms with Crippen LogP contribution in [0, 0.1) is 6.92 Å². The van der Waals surface area contributed by atoms with Crippen LogP contribution in [0.15, 0.2) is 12.1 Å². The number of anilines is 1. The largest absolute Gasteiger partial charge is 0.320 e. The lowest BCUT2D eigenvalue weighted by atomic mass is 10.2. The Bertz CT molecular complexity index is 518. The maximum Gasteiger partial charge on any atom is 0.232 e. The molecule has 0 aromatic heterocycles. The molecule has 0 aliphatic carbocycles. The van der Waals surface area contributed by atoms with Crippen LogP contribution in [0.25, 0.3) is 0 Å². The number of nitrogens with one attached hydrogen (secondary N) is 2. The lowest BCUT2D eigenvalue weighted by Crippen LogP contribution is -2.20. The van der Waals surface area contributed by atoms with Gasteiger partial charge in [-0.25, -0.2) is 8.42 Å². The number of sulfonamides is 1. The minimum atomic E-state index is -3.39. The third kappa shape index (κ3) is 4.65. The van der Waals surface area contributed by atoms with Gasteiger partial charge in [0.25, 0.3) is 0 Å². The van der Waals surface area contributed by atoms with Crippen molar-refractivity contribution in [2.24, 2.45) is 0 Å². The van der Waals surface area contributed by atoms with Crippen molar-refractivity contribution in [3.63, 3.8) is 0 Å². The van der Waals surface area contributed by atoms with E-state index in [0.29, 0.717) is 28.7 Å². The average molecular weight is 311 g/mol. The summed E-state index contributed by atoms with van der Waals surface area (Å²) in [5.74, 6) is 0.0374. The molecule has 1 rings (SSSR count). The van der Waals surface area contributed by atoms with Gasteiger partial charge < -0.3 is 5.32 Å². The van der Waals surface area contributed by atoms with Gasteiger partial charge in [-0.1, -0.05) is 23.2 Å². The van der Waals surface area contributed by atoms with Crippen molar-refractivity contribution in [1.29, 1.82) is 0 Å². The highest BCUT2D eigenvalue weighted by Crippen LogP contribution is 2.29. The fourth-order valence-electron chi connectivity index (χ4n) is 1.38. The van der Waals surface area contributed by atoms with Crippen LogP contribution in [-0.2, 0) is 10.0 Å². The lowest BCUT2D eigenvalue weighted by Gasteiger charge is -2.11. The second kappa shape index (κ2) is 6.61. The maximum absolute atomic E-state index is 11.8. The molecule has 1 aromatic rings. The number of hydrogen-bond acceptors (Lipinski definition) is 3. The molecule has 0 bridgehead atoms. The Morgan fingerprint density at radius 1 is 1.22 bits per heavy atom. The standard InChI is InChI=1S/C11H16Cl2N2O2S/c1-8-6-10(13)11(7-9(8)12)15-18(16,17)5-3-4-14-2/h6-7,14-15H,3-5H2,1-2H3. The summed E-state index contributed by atoms with van der Waals surface area (Å²) in [5, 5.41) is 3.71. The van der Waals surface area contributed by atoms with Gasteiger partial charge in [0.05, 0.1) is 16.5 Å². The zero-order chi connectivity index (χ0) is 13.8. The predicted octanol–water partition coefficient (Wildman–Crippen LogP) is 2.65. The Balaban J connectivity index is 2.81. The smallest absolute Gasteiger partial charge is 0.232 e. The van der Waals surface area contributed by atoms with Crippen molar-refractivity contribution in [2.45, 2.75) is 13.3 Å². The van der Waals surface area contributed by atoms with Gasteiger partial charge in [0.15, 0.2) is 0 Å². The van der Waals surface area contributed by atoms with Crippen molar-refractivity contribution >= 4 is 38.9 Å². The van der Waals surface area contributed by atoms with Crippen molar-refractivity contribution in [2.75, 3.05) is 24.1 Å². The van der Waals surface area contributed by atoms with E-state index in [1.54, 1.807) is 20.0 Å². The molecule has 7 heteroatoms. The zero-order valence-corrected chi connectivity index (χ0v) is 12.6. The van der Waals surface area contributed by atoms with Gasteiger partial charge in [-0.05, 0) is 44.6 Å². The van der Waals surface area contributed by atoms with Gasteiger partial charge >= 0.3 is 0 Å². The maximum atomic E-state index is 11.8. The van der Waals surface area contributed by atoms with Gasteiger partial charge in [0, 0.05) is 5.02 Å². The van der Waals surface area contributed by atoms with E-state index in [0.717, 1.165) is 5.56 Å². The molecule has 0 spiro atoms. The molecule has 0 radical (unpaired) electrons. The summed E-state index contributed by atoms with van der Waals surface area (Å²) < 4.78 is 26.0. The van der Waals surface area contributed by atoms with E-state index in [9.17, 15) is 8.42 Å². The second-order valence-corrected chi connectivity index (χ2v) is 6.62. The van der Waals surface area contributed by atoms with E-state index in [1.807, 2.05) is 0 Å². The molecule has 0 aliphatic rings. The SMILES string of the molecule is CNCCCS(=O)(=O)Nc1cc(Cl)c(C)cc1Cl. The Kier molecular flexibility index (Phi) is 5.72. The Labute approximate surface area is 118 Å². The number of halogens is 2. The molecule has 0 heterocycles. The third-order valence-electron chi connectivity index (χ3n) is 2.35. The molecule has 0 aliphatic heterocycles. The molecular weight excluding hydrogens is 295 g/mol. The quantitative estimate of drug-likeness (QED) is 0.794. The van der Waals surface area contributed by atoms with Crippen LogP contribution < -0.4 is 10.0 Å². The summed E-state index contributed by atoms with van der Waals surface area (Å²) in [6.45, 7) is 2.45. The first-order chi connectivity index (χ1) is 8.35. The Morgan fingerprint density at radius 2 is 1.89 bits per heavy atom. The van der Waals surface area contributed by atoms with Gasteiger partial charge in [-0.15, -0.1) is 0 Å². The molecule has 0 saturated carbocycles. The summed E-state index contributed by atoms with van der Waals surface area (Å²) in [6.07, 6.45) is 0.531. The van der Waals surface area contributed by atoms with E-state index in [-0.39, 0.29) is 5.75 Å². The highest BCUT2D eigenvalue weighted by molar-refractivity contribution is 7.92. The summed E-state index contributed by atoms with van der Waals surface area (Å²) in [7, 11) is -1.62. The average Bonchev–Trinajstić information content (AvgIpc) is 2.26. The van der Waals surface area contributed by atoms with Gasteiger partial charge in [0.2, 0.25) is 10.0 Å². The first-order valence-electron chi connectivity index (χ1n) is 5.46. The molecular formula is C11H16Cl2N2O2S. The lowest BCUT2D eigenvalue weighted by molar-refractivity contribution is 0.597. The minimum Gasteiger partial charge on any atom is -0.320 e. The number of benzene rings is 1. The highest BCUT2D eigenvalue weighted by Gasteiger charge is 2.13. The van der Waals surface area contributed by atoms with E-state index in [4.69, 9.17) is 23.2 Å². The molecule has 0 atom stereocenters. The third-order valence-corrected chi connectivity index (χ3v) is 4.43. The summed E-state index contributed by atoms with van der Waals surface area (Å²) in [5.41, 5.74) is 1.12. The predicted molar refractivity (Wildman–Crippen MR) is 77.2 cm³/mol. The van der Waals surface area contributed by atoms with Crippen LogP contribution >= 0.6 is 23.2 Å². The van der Waals surface area contributed by atoms with Crippen molar-refractivity contribution in [3.05, 3.63) is 27.7 Å². The van der Waals surface area contributed by atoms with E-state index >= 15 is 0 Å². The molecule has 4 nitrogen and oxygen atoms in total. The monoisotopic (exact) mass is 310 g/mol. The normalized spacial score (nSPS) is 11.6. The van der Waals surface area contributed by atoms with Gasteiger partial charge in [-0.3, -0.25) is 4.72 Å². The summed E-state index contributed by atoms with van der Waals surface area (Å²) >= 11 is 11.9. The molecule has 0 unspecified atom stereocenters. The van der Waals surface area contributed by atoms with Crippen LogP contribution in [0.3, 0.4) is 0 Å². The fraction of sp³-hybridized carbons (Fsp3) is 0.455. The summed E-state index contributed by atoms with van der Waals surface area (Å²) in [6, 6.07) is 3.16. The molecule has 1 aromatic carbocycles. The Morgan fingerprint density at radius 3 is 2.50 bits per heavy atom. The molecule has 18 heavy (non-hydrogen) atoms. The van der Waals surface area contributed by atoms with Crippen LogP contribution in [0.1, 0.15) is 12.0 Å². The number of hydrogen-bond donors (Lipinski definition) is 2. The molecule has 102 valence electrons. The first kappa shape index (κ1) is 15.6. The Hall–Kier alpha value is -0.490. The summed E-state index contributed by atoms with van der Waals surface area (Å²) in [4.78, 5) is 0. The molecule has 0 fully saturated rings. The fourth-order valence-corrected chi connectivity index (χ4v) is 3.00. The minimum absolute atomic E-state index is 0.0374. The van der Waals surface area contributed by atoms with Crippen LogP contribution in [0.2, 0.25) is 10.0 Å².